The lowest BCUT2D eigenvalue weighted by molar-refractivity contribution is 0.0844. The van der Waals surface area contributed by atoms with E-state index < -0.39 is 11.8 Å². The minimum Gasteiger partial charge on any atom is -0.380 e. The monoisotopic (exact) mass is 350 g/mol. The van der Waals surface area contributed by atoms with Gasteiger partial charge in [0.25, 0.3) is 11.8 Å². The van der Waals surface area contributed by atoms with E-state index >= 15 is 0 Å². The van der Waals surface area contributed by atoms with Crippen LogP contribution in [-0.2, 0) is 11.3 Å². The Balaban J connectivity index is 1.58. The lowest BCUT2D eigenvalue weighted by atomic mass is 10.1. The largest absolute Gasteiger partial charge is 0.380 e. The predicted molar refractivity (Wildman–Crippen MR) is 96.1 cm³/mol. The van der Waals surface area contributed by atoms with E-state index in [-0.39, 0.29) is 5.69 Å². The summed E-state index contributed by atoms with van der Waals surface area (Å²) in [5.74, 6) is -0.894. The first kappa shape index (κ1) is 17.4. The fourth-order valence-corrected chi connectivity index (χ4v) is 2.37. The number of carbonyl (C=O) groups is 2. The fraction of sp³-hybridized carbons (Fsp3) is 0.105. The number of nitrogens with zero attached hydrogens (tertiary/aromatic N) is 1. The molecule has 0 fully saturated rings. The molecule has 0 atom stereocenters. The molecule has 0 aliphatic rings. The van der Waals surface area contributed by atoms with Crippen molar-refractivity contribution >= 4 is 11.8 Å². The van der Waals surface area contributed by atoms with Crippen LogP contribution >= 0.6 is 0 Å². The number of H-pyrrole nitrogens is 1. The van der Waals surface area contributed by atoms with Crippen LogP contribution in [0.25, 0.3) is 11.3 Å². The first-order chi connectivity index (χ1) is 12.7. The quantitative estimate of drug-likeness (QED) is 0.615. The number of hydrogen-bond donors (Lipinski definition) is 3. The van der Waals surface area contributed by atoms with Gasteiger partial charge in [-0.15, -0.1) is 0 Å². The Hall–Kier alpha value is -3.45. The molecule has 1 heterocycles. The van der Waals surface area contributed by atoms with E-state index in [0.717, 1.165) is 11.1 Å². The molecule has 3 rings (SSSR count). The lowest BCUT2D eigenvalue weighted by Crippen LogP contribution is -2.41. The summed E-state index contributed by atoms with van der Waals surface area (Å²) in [7, 11) is 1.61. The van der Waals surface area contributed by atoms with Gasteiger partial charge in [0.2, 0.25) is 0 Å². The molecule has 2 amide bonds. The Labute approximate surface area is 150 Å². The van der Waals surface area contributed by atoms with Crippen LogP contribution in [0.2, 0.25) is 0 Å². The van der Waals surface area contributed by atoms with E-state index in [9.17, 15) is 9.59 Å². The maximum absolute atomic E-state index is 12.2. The average Bonchev–Trinajstić information content (AvgIpc) is 3.18. The first-order valence-electron chi connectivity index (χ1n) is 7.97. The second-order valence-corrected chi connectivity index (χ2v) is 5.57. The summed E-state index contributed by atoms with van der Waals surface area (Å²) in [6.07, 6.45) is 0. The Morgan fingerprint density at radius 3 is 2.38 bits per heavy atom. The highest BCUT2D eigenvalue weighted by Gasteiger charge is 2.12. The summed E-state index contributed by atoms with van der Waals surface area (Å²) in [5.41, 5.74) is 7.93. The van der Waals surface area contributed by atoms with Gasteiger partial charge in [-0.3, -0.25) is 25.5 Å². The van der Waals surface area contributed by atoms with Gasteiger partial charge in [-0.2, -0.15) is 5.10 Å². The van der Waals surface area contributed by atoms with Crippen LogP contribution in [0.3, 0.4) is 0 Å². The molecule has 0 radical (unpaired) electrons. The number of benzene rings is 2. The highest BCUT2D eigenvalue weighted by molar-refractivity contribution is 5.98. The van der Waals surface area contributed by atoms with E-state index in [0.29, 0.717) is 17.9 Å². The zero-order valence-electron chi connectivity index (χ0n) is 14.2. The highest BCUT2D eigenvalue weighted by Crippen LogP contribution is 2.16. The second-order valence-electron chi connectivity index (χ2n) is 5.57. The van der Waals surface area contributed by atoms with Gasteiger partial charge in [0.15, 0.2) is 0 Å². The van der Waals surface area contributed by atoms with Crippen LogP contribution in [0, 0.1) is 0 Å². The Kier molecular flexibility index (Phi) is 5.40. The van der Waals surface area contributed by atoms with Gasteiger partial charge >= 0.3 is 0 Å². The minimum absolute atomic E-state index is 0.250. The van der Waals surface area contributed by atoms with Crippen LogP contribution < -0.4 is 10.9 Å². The van der Waals surface area contributed by atoms with Crippen molar-refractivity contribution in [1.82, 2.24) is 21.0 Å². The molecular formula is C19H18N4O3. The molecule has 0 saturated carbocycles. The number of carbonyl (C=O) groups excluding carboxylic acids is 2. The minimum atomic E-state index is -0.482. The number of amides is 2. The van der Waals surface area contributed by atoms with Crippen molar-refractivity contribution in [2.45, 2.75) is 6.61 Å². The summed E-state index contributed by atoms with van der Waals surface area (Å²) >= 11 is 0. The molecular weight excluding hydrogens is 332 g/mol. The maximum Gasteiger partial charge on any atom is 0.287 e. The van der Waals surface area contributed by atoms with Gasteiger partial charge in [-0.25, -0.2) is 0 Å². The van der Waals surface area contributed by atoms with Crippen molar-refractivity contribution in [2.24, 2.45) is 0 Å². The molecule has 7 heteroatoms. The van der Waals surface area contributed by atoms with Crippen LogP contribution in [0.1, 0.15) is 26.4 Å². The fourth-order valence-electron chi connectivity index (χ4n) is 2.37. The predicted octanol–water partition coefficient (Wildman–Crippen LogP) is 2.30. The zero-order chi connectivity index (χ0) is 18.4. The van der Waals surface area contributed by atoms with E-state index in [1.165, 1.54) is 0 Å². The molecule has 1 aromatic heterocycles. The molecule has 2 aromatic carbocycles. The molecule has 0 unspecified atom stereocenters. The van der Waals surface area contributed by atoms with Crippen molar-refractivity contribution < 1.29 is 14.3 Å². The van der Waals surface area contributed by atoms with E-state index in [4.69, 9.17) is 4.74 Å². The molecule has 7 nitrogen and oxygen atoms in total. The van der Waals surface area contributed by atoms with E-state index in [1.54, 1.807) is 37.4 Å². The number of hydrogen-bond acceptors (Lipinski definition) is 4. The van der Waals surface area contributed by atoms with Crippen molar-refractivity contribution in [1.29, 1.82) is 0 Å². The van der Waals surface area contributed by atoms with Crippen molar-refractivity contribution in [3.05, 3.63) is 77.5 Å². The van der Waals surface area contributed by atoms with Crippen molar-refractivity contribution in [2.75, 3.05) is 7.11 Å². The number of hydrazine groups is 1. The molecule has 0 saturated heterocycles. The summed E-state index contributed by atoms with van der Waals surface area (Å²) in [6, 6.07) is 18.0. The lowest BCUT2D eigenvalue weighted by Gasteiger charge is -2.07. The van der Waals surface area contributed by atoms with Crippen LogP contribution in [0.4, 0.5) is 0 Å². The zero-order valence-corrected chi connectivity index (χ0v) is 14.2. The highest BCUT2D eigenvalue weighted by atomic mass is 16.5. The number of aromatic nitrogens is 2. The molecule has 0 aliphatic carbocycles. The summed E-state index contributed by atoms with van der Waals surface area (Å²) in [6.45, 7) is 0.474. The van der Waals surface area contributed by atoms with E-state index in [2.05, 4.69) is 21.0 Å². The van der Waals surface area contributed by atoms with E-state index in [1.807, 2.05) is 30.3 Å². The SMILES string of the molecule is COCc1ccc(C(=O)NNC(=O)c2cc(-c3ccccc3)n[nH]2)cc1. The average molecular weight is 350 g/mol. The number of rotatable bonds is 5. The van der Waals surface area contributed by atoms with Crippen LogP contribution in [0.15, 0.2) is 60.7 Å². The molecule has 26 heavy (non-hydrogen) atoms. The molecule has 0 spiro atoms. The number of ether oxygens (including phenoxy) is 1. The van der Waals surface area contributed by atoms with Gasteiger partial charge in [0.1, 0.15) is 5.69 Å². The van der Waals surface area contributed by atoms with Crippen LogP contribution in [-0.4, -0.2) is 29.1 Å². The normalized spacial score (nSPS) is 10.3. The van der Waals surface area contributed by atoms with Gasteiger partial charge < -0.3 is 4.74 Å². The molecule has 0 aliphatic heterocycles. The molecule has 132 valence electrons. The van der Waals surface area contributed by atoms with Gasteiger partial charge in [-0.05, 0) is 23.8 Å². The molecule has 3 N–H and O–H groups in total. The van der Waals surface area contributed by atoms with Gasteiger partial charge in [0.05, 0.1) is 12.3 Å². The number of nitrogens with one attached hydrogen (secondary N) is 3. The first-order valence-corrected chi connectivity index (χ1v) is 7.97. The summed E-state index contributed by atoms with van der Waals surface area (Å²) in [5, 5.41) is 6.77. The Bertz CT molecular complexity index is 889. The molecule has 0 bridgehead atoms. The Morgan fingerprint density at radius 2 is 1.69 bits per heavy atom. The molecule has 3 aromatic rings. The summed E-state index contributed by atoms with van der Waals surface area (Å²) < 4.78 is 5.02. The standard InChI is InChI=1S/C19H18N4O3/c1-26-12-13-7-9-15(10-8-13)18(24)22-23-19(25)17-11-16(20-21-17)14-5-3-2-4-6-14/h2-11H,12H2,1H3,(H,20,21)(H,22,24)(H,23,25). The summed E-state index contributed by atoms with van der Waals surface area (Å²) in [4.78, 5) is 24.2. The topological polar surface area (TPSA) is 96.1 Å². The third-order valence-electron chi connectivity index (χ3n) is 3.71. The third-order valence-corrected chi connectivity index (χ3v) is 3.71. The van der Waals surface area contributed by atoms with Gasteiger partial charge in [-0.1, -0.05) is 42.5 Å². The van der Waals surface area contributed by atoms with Crippen molar-refractivity contribution in [3.63, 3.8) is 0 Å². The van der Waals surface area contributed by atoms with Gasteiger partial charge in [0, 0.05) is 18.2 Å². The smallest absolute Gasteiger partial charge is 0.287 e. The Morgan fingerprint density at radius 1 is 1.00 bits per heavy atom. The second kappa shape index (κ2) is 8.09. The number of aromatic amines is 1. The maximum atomic E-state index is 12.2. The number of methoxy groups -OCH3 is 1. The van der Waals surface area contributed by atoms with Crippen molar-refractivity contribution in [3.8, 4) is 11.3 Å². The third kappa shape index (κ3) is 4.14. The van der Waals surface area contributed by atoms with Crippen LogP contribution in [0.5, 0.6) is 0 Å².